The van der Waals surface area contributed by atoms with E-state index in [-0.39, 0.29) is 0 Å². The Morgan fingerprint density at radius 3 is 0.359 bits per heavy atom. The fourth-order valence-electron chi connectivity index (χ4n) is 12.7. The quantitative estimate of drug-likeness (QED) is 0.0790. The van der Waals surface area contributed by atoms with Crippen LogP contribution in [0.15, 0.2) is 400 Å². The van der Waals surface area contributed by atoms with Gasteiger partial charge in [-0.05, 0) is 173 Å². The molecule has 14 aromatic carbocycles. The van der Waals surface area contributed by atoms with Crippen molar-refractivity contribution >= 4 is 67.6 Å². The van der Waals surface area contributed by atoms with E-state index in [0.717, 1.165) is 89.8 Å². The Kier molecular flexibility index (Phi) is 17.2. The lowest BCUT2D eigenvalue weighted by molar-refractivity contribution is 1.28. The maximum Gasteiger partial charge on any atom is 0.0462 e. The Labute approximate surface area is 541 Å². The van der Waals surface area contributed by atoms with Crippen molar-refractivity contribution in [1.29, 1.82) is 0 Å². The topological polar surface area (TPSA) is 6.48 Å². The van der Waals surface area contributed by atoms with Crippen molar-refractivity contribution in [1.82, 2.24) is 0 Å². The molecule has 2 heteroatoms. The highest BCUT2D eigenvalue weighted by atomic mass is 15.1. The lowest BCUT2D eigenvalue weighted by atomic mass is 9.85. The third-order valence-corrected chi connectivity index (χ3v) is 16.9. The largest absolute Gasteiger partial charge is 0.311 e. The monoisotopic (exact) mass is 1170 g/mol. The van der Waals surface area contributed by atoms with Crippen molar-refractivity contribution in [2.24, 2.45) is 0 Å². The third-order valence-electron chi connectivity index (χ3n) is 16.9. The molecule has 14 aromatic rings. The third kappa shape index (κ3) is 12.5. The minimum absolute atomic E-state index is 1.05. The Balaban J connectivity index is 0.857. The highest BCUT2D eigenvalue weighted by Gasteiger charge is 2.23. The van der Waals surface area contributed by atoms with Gasteiger partial charge >= 0.3 is 0 Å². The highest BCUT2D eigenvalue weighted by Crippen LogP contribution is 2.45. The molecule has 0 bridgehead atoms. The molecular weight excluding hydrogens is 1110 g/mol. The van der Waals surface area contributed by atoms with Crippen molar-refractivity contribution in [3.05, 3.63) is 467 Å². The molecule has 0 N–H and O–H groups in total. The smallest absolute Gasteiger partial charge is 0.0462 e. The van der Waals surface area contributed by atoms with Gasteiger partial charge in [0.1, 0.15) is 0 Å². The molecule has 0 unspecified atom stereocenters. The molecule has 2 nitrogen and oxygen atoms in total. The van der Waals surface area contributed by atoms with Gasteiger partial charge in [0.05, 0.1) is 0 Å². The van der Waals surface area contributed by atoms with Crippen LogP contribution in [0.25, 0.3) is 33.4 Å². The van der Waals surface area contributed by atoms with Crippen molar-refractivity contribution < 1.29 is 0 Å². The second-order valence-electron chi connectivity index (χ2n) is 22.7. The molecule has 92 heavy (non-hydrogen) atoms. The van der Waals surface area contributed by atoms with Gasteiger partial charge in [-0.3, -0.25) is 0 Å². The summed E-state index contributed by atoms with van der Waals surface area (Å²) in [5, 5.41) is 0. The normalized spacial score (nSPS) is 11.2. The standard InChI is InChI=1S/C90H66N2/c1-11-31-67(32-12-1)85(68-33-13-2-14-34-68)87(71-39-19-5-20-40-71)75-51-59-81(60-52-75)91(79-47-27-9-28-48-79)83-63-55-77(56-64-83)89(73-43-23-7-24-44-73)90(74-45-25-8-26-46-74)78-57-65-84(66-58-78)92(80-49-29-10-30-50-80)82-61-53-76(54-62-82)88(72-41-21-6-22-42-72)86(69-35-15-3-16-36-69)70-37-17-4-18-38-70/h1-66H/b90-89+. The number of para-hydroxylation sites is 2. The lowest BCUT2D eigenvalue weighted by Gasteiger charge is -2.27. The Hall–Kier alpha value is -12.1. The zero-order chi connectivity index (χ0) is 61.7. The van der Waals surface area contributed by atoms with Crippen molar-refractivity contribution in [3.8, 4) is 0 Å². The molecule has 0 atom stereocenters. The predicted octanol–water partition coefficient (Wildman–Crippen LogP) is 23.6. The van der Waals surface area contributed by atoms with Gasteiger partial charge < -0.3 is 9.80 Å². The van der Waals surface area contributed by atoms with E-state index in [9.17, 15) is 0 Å². The van der Waals surface area contributed by atoms with E-state index in [2.05, 4.69) is 410 Å². The first-order valence-corrected chi connectivity index (χ1v) is 31.5. The molecule has 436 valence electrons. The summed E-state index contributed by atoms with van der Waals surface area (Å²) in [6.07, 6.45) is 0. The average Bonchev–Trinajstić information content (AvgIpc) is 1.33. The minimum atomic E-state index is 1.05. The van der Waals surface area contributed by atoms with Crippen LogP contribution in [0.4, 0.5) is 34.1 Å². The second-order valence-corrected chi connectivity index (χ2v) is 22.7. The van der Waals surface area contributed by atoms with Gasteiger partial charge in [-0.15, -0.1) is 0 Å². The molecule has 0 aliphatic heterocycles. The Morgan fingerprint density at radius 1 is 0.109 bits per heavy atom. The van der Waals surface area contributed by atoms with Crippen LogP contribution in [0.2, 0.25) is 0 Å². The molecular formula is C90H66N2. The molecule has 0 heterocycles. The van der Waals surface area contributed by atoms with E-state index in [4.69, 9.17) is 0 Å². The van der Waals surface area contributed by atoms with Crippen molar-refractivity contribution in [2.45, 2.75) is 0 Å². The number of hydrogen-bond acceptors (Lipinski definition) is 2. The van der Waals surface area contributed by atoms with E-state index in [0.29, 0.717) is 0 Å². The van der Waals surface area contributed by atoms with Crippen LogP contribution in [-0.4, -0.2) is 0 Å². The van der Waals surface area contributed by atoms with E-state index in [1.807, 2.05) is 0 Å². The van der Waals surface area contributed by atoms with Crippen LogP contribution in [0, 0.1) is 0 Å². The summed E-state index contributed by atoms with van der Waals surface area (Å²) in [5.74, 6) is 0. The molecule has 14 rings (SSSR count). The first-order chi connectivity index (χ1) is 45.7. The average molecular weight is 1180 g/mol. The molecule has 0 aliphatic carbocycles. The summed E-state index contributed by atoms with van der Waals surface area (Å²) in [4.78, 5) is 4.71. The van der Waals surface area contributed by atoms with E-state index in [1.165, 1.54) is 44.5 Å². The fraction of sp³-hybridized carbons (Fsp3) is 0. The van der Waals surface area contributed by atoms with Crippen molar-refractivity contribution in [2.75, 3.05) is 9.80 Å². The van der Waals surface area contributed by atoms with Gasteiger partial charge in [0, 0.05) is 34.1 Å². The Bertz CT molecular complexity index is 4370. The summed E-state index contributed by atoms with van der Waals surface area (Å²) in [6, 6.07) is 144. The van der Waals surface area contributed by atoms with Crippen molar-refractivity contribution in [3.63, 3.8) is 0 Å². The van der Waals surface area contributed by atoms with Crippen LogP contribution in [0.1, 0.15) is 66.8 Å². The van der Waals surface area contributed by atoms with Crippen LogP contribution < -0.4 is 9.80 Å². The van der Waals surface area contributed by atoms with E-state index in [1.54, 1.807) is 0 Å². The number of rotatable bonds is 18. The van der Waals surface area contributed by atoms with Crippen LogP contribution in [0.5, 0.6) is 0 Å². The maximum absolute atomic E-state index is 2.36. The van der Waals surface area contributed by atoms with Gasteiger partial charge in [0.25, 0.3) is 0 Å². The Morgan fingerprint density at radius 2 is 0.217 bits per heavy atom. The predicted molar refractivity (Wildman–Crippen MR) is 389 cm³/mol. The fourth-order valence-corrected chi connectivity index (χ4v) is 12.7. The molecule has 0 spiro atoms. The second kappa shape index (κ2) is 27.5. The molecule has 0 amide bonds. The molecule has 0 fully saturated rings. The maximum atomic E-state index is 2.36. The summed E-state index contributed by atoms with van der Waals surface area (Å²) >= 11 is 0. The SMILES string of the molecule is c1ccc(C(=C(c2ccccc2)c2ccc(N(c3ccccc3)c3ccc(/C(=C(\c4ccccc4)c4ccc(N(c5ccccc5)c5ccc(C(=C(c6ccccc6)c6ccccc6)c6ccccc6)cc5)cc4)c4ccccc4)cc3)cc2)c2ccccc2)cc1. The van der Waals surface area contributed by atoms with E-state index < -0.39 is 0 Å². The van der Waals surface area contributed by atoms with Gasteiger partial charge in [0.2, 0.25) is 0 Å². The van der Waals surface area contributed by atoms with Crippen LogP contribution in [-0.2, 0) is 0 Å². The first-order valence-electron chi connectivity index (χ1n) is 31.5. The van der Waals surface area contributed by atoms with Gasteiger partial charge in [-0.25, -0.2) is 0 Å². The van der Waals surface area contributed by atoms with E-state index >= 15 is 0 Å². The molecule has 0 radical (unpaired) electrons. The number of anilines is 6. The molecule has 0 saturated heterocycles. The zero-order valence-corrected chi connectivity index (χ0v) is 51.0. The lowest BCUT2D eigenvalue weighted by Crippen LogP contribution is -2.10. The van der Waals surface area contributed by atoms with Gasteiger partial charge in [0.15, 0.2) is 0 Å². The number of hydrogen-bond donors (Lipinski definition) is 0. The molecule has 0 aliphatic rings. The number of benzene rings is 14. The zero-order valence-electron chi connectivity index (χ0n) is 51.0. The highest BCUT2D eigenvalue weighted by molar-refractivity contribution is 6.07. The number of nitrogens with zero attached hydrogens (tertiary/aromatic N) is 2. The van der Waals surface area contributed by atoms with Gasteiger partial charge in [-0.2, -0.15) is 0 Å². The summed E-state index contributed by atoms with van der Waals surface area (Å²) < 4.78 is 0. The molecule has 0 saturated carbocycles. The summed E-state index contributed by atoms with van der Waals surface area (Å²) in [6.45, 7) is 0. The summed E-state index contributed by atoms with van der Waals surface area (Å²) in [5.41, 5.74) is 27.1. The molecule has 0 aromatic heterocycles. The minimum Gasteiger partial charge on any atom is -0.311 e. The summed E-state index contributed by atoms with van der Waals surface area (Å²) in [7, 11) is 0. The van der Waals surface area contributed by atoms with Crippen LogP contribution >= 0.6 is 0 Å². The van der Waals surface area contributed by atoms with Gasteiger partial charge in [-0.1, -0.05) is 328 Å². The van der Waals surface area contributed by atoms with Crippen LogP contribution in [0.3, 0.4) is 0 Å². The first kappa shape index (κ1) is 57.6.